The van der Waals surface area contributed by atoms with Crippen molar-refractivity contribution < 1.29 is 9.59 Å². The summed E-state index contributed by atoms with van der Waals surface area (Å²) < 4.78 is 0. The molecule has 19 heavy (non-hydrogen) atoms. The number of hydrogen-bond donors (Lipinski definition) is 2. The molecule has 2 saturated heterocycles. The molecule has 2 heterocycles. The maximum absolute atomic E-state index is 12.0. The van der Waals surface area contributed by atoms with Gasteiger partial charge in [0, 0.05) is 26.4 Å². The first kappa shape index (κ1) is 14.3. The summed E-state index contributed by atoms with van der Waals surface area (Å²) in [7, 11) is 1.78. The molecule has 2 atom stereocenters. The Kier molecular flexibility index (Phi) is 4.80. The van der Waals surface area contributed by atoms with Gasteiger partial charge in [-0.2, -0.15) is 0 Å². The van der Waals surface area contributed by atoms with Crippen LogP contribution in [0.3, 0.4) is 0 Å². The molecule has 0 saturated carbocycles. The van der Waals surface area contributed by atoms with Crippen molar-refractivity contribution in [2.45, 2.75) is 38.6 Å². The van der Waals surface area contributed by atoms with E-state index < -0.39 is 0 Å². The Morgan fingerprint density at radius 2 is 2.16 bits per heavy atom. The van der Waals surface area contributed by atoms with Crippen molar-refractivity contribution in [1.29, 1.82) is 0 Å². The van der Waals surface area contributed by atoms with Crippen molar-refractivity contribution in [3.63, 3.8) is 0 Å². The maximum atomic E-state index is 12.0. The van der Waals surface area contributed by atoms with Crippen molar-refractivity contribution in [3.8, 4) is 0 Å². The van der Waals surface area contributed by atoms with Crippen LogP contribution in [0.5, 0.6) is 0 Å². The van der Waals surface area contributed by atoms with E-state index in [0.717, 1.165) is 13.1 Å². The minimum Gasteiger partial charge on any atom is -0.351 e. The normalized spacial score (nSPS) is 26.5. The topological polar surface area (TPSA) is 61.4 Å². The largest absolute Gasteiger partial charge is 0.351 e. The summed E-state index contributed by atoms with van der Waals surface area (Å²) in [6.07, 6.45) is 3.36. The molecule has 2 amide bonds. The molecular weight excluding hydrogens is 242 g/mol. The van der Waals surface area contributed by atoms with Gasteiger partial charge in [-0.15, -0.1) is 0 Å². The van der Waals surface area contributed by atoms with Gasteiger partial charge in [-0.3, -0.25) is 9.59 Å². The molecule has 0 aromatic rings. The Balaban J connectivity index is 1.73. The first-order valence-corrected chi connectivity index (χ1v) is 7.30. The number of nitrogens with zero attached hydrogens (tertiary/aromatic N) is 1. The Hall–Kier alpha value is -1.10. The zero-order chi connectivity index (χ0) is 13.8. The van der Waals surface area contributed by atoms with Crippen LogP contribution in [-0.2, 0) is 9.59 Å². The van der Waals surface area contributed by atoms with Crippen LogP contribution in [0.1, 0.15) is 32.6 Å². The summed E-state index contributed by atoms with van der Waals surface area (Å²) in [4.78, 5) is 25.1. The highest BCUT2D eigenvalue weighted by atomic mass is 16.2. The van der Waals surface area contributed by atoms with E-state index in [-0.39, 0.29) is 17.9 Å². The number of rotatable bonds is 4. The van der Waals surface area contributed by atoms with E-state index in [4.69, 9.17) is 0 Å². The monoisotopic (exact) mass is 267 g/mol. The molecule has 2 unspecified atom stereocenters. The second kappa shape index (κ2) is 6.37. The van der Waals surface area contributed by atoms with E-state index in [2.05, 4.69) is 17.6 Å². The molecule has 108 valence electrons. The Labute approximate surface area is 115 Å². The maximum Gasteiger partial charge on any atom is 0.224 e. The average molecular weight is 267 g/mol. The van der Waals surface area contributed by atoms with Crippen LogP contribution in [-0.4, -0.2) is 49.4 Å². The Morgan fingerprint density at radius 3 is 2.74 bits per heavy atom. The SMILES string of the molecule is CC(CC(=O)NC1CC(=O)N(C)C1)C1CCNCC1. The predicted octanol–water partition coefficient (Wildman–Crippen LogP) is 0.359. The first-order chi connectivity index (χ1) is 9.06. The number of carbonyl (C=O) groups is 2. The molecule has 2 N–H and O–H groups in total. The number of carbonyl (C=O) groups excluding carboxylic acids is 2. The van der Waals surface area contributed by atoms with Crippen LogP contribution >= 0.6 is 0 Å². The molecule has 0 spiro atoms. The summed E-state index contributed by atoms with van der Waals surface area (Å²) in [5.74, 6) is 1.30. The van der Waals surface area contributed by atoms with E-state index in [0.29, 0.717) is 31.2 Å². The van der Waals surface area contributed by atoms with Crippen LogP contribution in [0.2, 0.25) is 0 Å². The van der Waals surface area contributed by atoms with Crippen molar-refractivity contribution in [2.24, 2.45) is 11.8 Å². The minimum absolute atomic E-state index is 0.00484. The van der Waals surface area contributed by atoms with Gasteiger partial charge in [0.05, 0.1) is 6.04 Å². The molecule has 2 fully saturated rings. The summed E-state index contributed by atoms with van der Waals surface area (Å²) >= 11 is 0. The number of piperidine rings is 1. The fraction of sp³-hybridized carbons (Fsp3) is 0.857. The zero-order valence-electron chi connectivity index (χ0n) is 11.9. The lowest BCUT2D eigenvalue weighted by Gasteiger charge is -2.28. The van der Waals surface area contributed by atoms with Gasteiger partial charge in [0.25, 0.3) is 0 Å². The predicted molar refractivity (Wildman–Crippen MR) is 73.6 cm³/mol. The van der Waals surface area contributed by atoms with E-state index in [1.165, 1.54) is 12.8 Å². The van der Waals surface area contributed by atoms with Gasteiger partial charge in [-0.1, -0.05) is 6.92 Å². The first-order valence-electron chi connectivity index (χ1n) is 7.30. The molecule has 0 aromatic carbocycles. The van der Waals surface area contributed by atoms with Crippen molar-refractivity contribution in [2.75, 3.05) is 26.7 Å². The molecule has 0 aliphatic carbocycles. The number of nitrogens with one attached hydrogen (secondary N) is 2. The smallest absolute Gasteiger partial charge is 0.224 e. The standard InChI is InChI=1S/C14H25N3O2/c1-10(11-3-5-15-6-4-11)7-13(18)16-12-8-14(19)17(2)9-12/h10-12,15H,3-9H2,1-2H3,(H,16,18). The summed E-state index contributed by atoms with van der Waals surface area (Å²) in [5.41, 5.74) is 0. The molecule has 2 aliphatic heterocycles. The van der Waals surface area contributed by atoms with Gasteiger partial charge in [0.2, 0.25) is 11.8 Å². The minimum atomic E-state index is 0.00484. The van der Waals surface area contributed by atoms with Gasteiger partial charge in [0.15, 0.2) is 0 Å². The highest BCUT2D eigenvalue weighted by molar-refractivity contribution is 5.82. The van der Waals surface area contributed by atoms with Crippen LogP contribution in [0.15, 0.2) is 0 Å². The van der Waals surface area contributed by atoms with Gasteiger partial charge in [-0.25, -0.2) is 0 Å². The number of amides is 2. The lowest BCUT2D eigenvalue weighted by molar-refractivity contribution is -0.126. The Bertz CT molecular complexity index is 340. The van der Waals surface area contributed by atoms with E-state index >= 15 is 0 Å². The van der Waals surface area contributed by atoms with Crippen LogP contribution < -0.4 is 10.6 Å². The van der Waals surface area contributed by atoms with Gasteiger partial charge in [0.1, 0.15) is 0 Å². The second-order valence-corrected chi connectivity index (χ2v) is 6.01. The van der Waals surface area contributed by atoms with E-state index in [1.807, 2.05) is 0 Å². The quantitative estimate of drug-likeness (QED) is 0.773. The fourth-order valence-corrected chi connectivity index (χ4v) is 3.12. The third-order valence-corrected chi connectivity index (χ3v) is 4.40. The third-order valence-electron chi connectivity index (χ3n) is 4.40. The molecule has 5 nitrogen and oxygen atoms in total. The van der Waals surface area contributed by atoms with E-state index in [9.17, 15) is 9.59 Å². The van der Waals surface area contributed by atoms with Crippen LogP contribution in [0, 0.1) is 11.8 Å². The number of likely N-dealkylation sites (tertiary alicyclic amines) is 1. The van der Waals surface area contributed by atoms with Crippen LogP contribution in [0.4, 0.5) is 0 Å². The van der Waals surface area contributed by atoms with Gasteiger partial charge in [-0.05, 0) is 37.8 Å². The molecule has 0 aromatic heterocycles. The Morgan fingerprint density at radius 1 is 1.47 bits per heavy atom. The molecular formula is C14H25N3O2. The van der Waals surface area contributed by atoms with Crippen LogP contribution in [0.25, 0.3) is 0 Å². The number of hydrogen-bond acceptors (Lipinski definition) is 3. The summed E-state index contributed by atoms with van der Waals surface area (Å²) in [6, 6.07) is 0.00484. The van der Waals surface area contributed by atoms with E-state index in [1.54, 1.807) is 11.9 Å². The average Bonchev–Trinajstić information content (AvgIpc) is 2.69. The molecule has 0 radical (unpaired) electrons. The summed E-state index contributed by atoms with van der Waals surface area (Å²) in [6.45, 7) is 4.95. The van der Waals surface area contributed by atoms with Crippen molar-refractivity contribution >= 4 is 11.8 Å². The fourth-order valence-electron chi connectivity index (χ4n) is 3.12. The summed E-state index contributed by atoms with van der Waals surface area (Å²) in [5, 5.41) is 6.34. The van der Waals surface area contributed by atoms with Gasteiger partial charge >= 0.3 is 0 Å². The highest BCUT2D eigenvalue weighted by Gasteiger charge is 2.29. The second-order valence-electron chi connectivity index (χ2n) is 6.01. The zero-order valence-corrected chi connectivity index (χ0v) is 11.9. The highest BCUT2D eigenvalue weighted by Crippen LogP contribution is 2.24. The lowest BCUT2D eigenvalue weighted by Crippen LogP contribution is -2.38. The molecule has 5 heteroatoms. The number of likely N-dealkylation sites (N-methyl/N-ethyl adjacent to an activating group) is 1. The molecule has 2 rings (SSSR count). The third kappa shape index (κ3) is 3.93. The van der Waals surface area contributed by atoms with Crippen molar-refractivity contribution in [1.82, 2.24) is 15.5 Å². The lowest BCUT2D eigenvalue weighted by atomic mass is 9.84. The van der Waals surface area contributed by atoms with Gasteiger partial charge < -0.3 is 15.5 Å². The molecule has 2 aliphatic rings. The van der Waals surface area contributed by atoms with Crippen molar-refractivity contribution in [3.05, 3.63) is 0 Å². The molecule has 0 bridgehead atoms.